The predicted molar refractivity (Wildman–Crippen MR) is 81.7 cm³/mol. The van der Waals surface area contributed by atoms with E-state index in [-0.39, 0.29) is 23.5 Å². The summed E-state index contributed by atoms with van der Waals surface area (Å²) in [7, 11) is 0. The molecule has 0 amide bonds. The van der Waals surface area contributed by atoms with E-state index < -0.39 is 5.97 Å². The fourth-order valence-electron chi connectivity index (χ4n) is 2.16. The molecule has 0 aliphatic heterocycles. The van der Waals surface area contributed by atoms with E-state index in [9.17, 15) is 9.59 Å². The quantitative estimate of drug-likeness (QED) is 0.641. The molecule has 110 valence electrons. The molecule has 22 heavy (non-hydrogen) atoms. The predicted octanol–water partition coefficient (Wildman–Crippen LogP) is 3.21. The largest absolute Gasteiger partial charge is 0.447 e. The Morgan fingerprint density at radius 2 is 1.73 bits per heavy atom. The minimum absolute atomic E-state index is 0.170. The highest BCUT2D eigenvalue weighted by Crippen LogP contribution is 2.19. The van der Waals surface area contributed by atoms with Crippen LogP contribution in [0, 0.1) is 25.2 Å². The zero-order valence-corrected chi connectivity index (χ0v) is 12.4. The van der Waals surface area contributed by atoms with E-state index in [1.54, 1.807) is 30.3 Å². The number of aryl methyl sites for hydroxylation is 2. The summed E-state index contributed by atoms with van der Waals surface area (Å²) >= 11 is 0. The van der Waals surface area contributed by atoms with Gasteiger partial charge in [-0.1, -0.05) is 35.9 Å². The van der Waals surface area contributed by atoms with Crippen LogP contribution in [-0.2, 0) is 4.74 Å². The number of ketones is 1. The first-order chi connectivity index (χ1) is 10.5. The second kappa shape index (κ2) is 6.68. The maximum absolute atomic E-state index is 12.7. The molecule has 0 fully saturated rings. The molecule has 0 unspecified atom stereocenters. The van der Waals surface area contributed by atoms with Gasteiger partial charge in [0.15, 0.2) is 12.4 Å². The zero-order chi connectivity index (χ0) is 16.1. The number of hydrogen-bond acceptors (Lipinski definition) is 4. The van der Waals surface area contributed by atoms with E-state index >= 15 is 0 Å². The van der Waals surface area contributed by atoms with Crippen LogP contribution in [0.3, 0.4) is 0 Å². The van der Waals surface area contributed by atoms with Crippen LogP contribution in [0.1, 0.15) is 37.4 Å². The van der Waals surface area contributed by atoms with Crippen molar-refractivity contribution in [2.24, 2.45) is 0 Å². The summed E-state index contributed by atoms with van der Waals surface area (Å²) in [6.45, 7) is 3.41. The first-order valence-electron chi connectivity index (χ1n) is 6.79. The summed E-state index contributed by atoms with van der Waals surface area (Å²) in [6.07, 6.45) is 0. The van der Waals surface area contributed by atoms with Crippen molar-refractivity contribution in [2.75, 3.05) is 6.61 Å². The summed E-state index contributed by atoms with van der Waals surface area (Å²) in [4.78, 5) is 24.7. The van der Waals surface area contributed by atoms with Gasteiger partial charge in [0, 0.05) is 11.1 Å². The number of carbonyl (C=O) groups excluding carboxylic acids is 2. The third-order valence-corrected chi connectivity index (χ3v) is 3.30. The lowest BCUT2D eigenvalue weighted by atomic mass is 9.94. The third-order valence-electron chi connectivity index (χ3n) is 3.30. The standard InChI is InChI=1S/C18H15NO3/c1-12-7-8-13(2)16(11-12)17(20)14-5-3-4-6-15(14)18(21)22-10-9-19/h3-8,11H,10H2,1-2H3. The number of esters is 1. The summed E-state index contributed by atoms with van der Waals surface area (Å²) < 4.78 is 4.81. The molecule has 2 aromatic carbocycles. The maximum atomic E-state index is 12.7. The van der Waals surface area contributed by atoms with Crippen LogP contribution in [-0.4, -0.2) is 18.4 Å². The van der Waals surface area contributed by atoms with Crippen LogP contribution in [0.4, 0.5) is 0 Å². The van der Waals surface area contributed by atoms with Crippen LogP contribution in [0.5, 0.6) is 0 Å². The number of hydrogen-bond donors (Lipinski definition) is 0. The number of nitriles is 1. The Balaban J connectivity index is 2.45. The molecule has 0 aliphatic carbocycles. The molecule has 2 aromatic rings. The van der Waals surface area contributed by atoms with Crippen LogP contribution in [0.15, 0.2) is 42.5 Å². The monoisotopic (exact) mass is 293 g/mol. The molecule has 0 bridgehead atoms. The fourth-order valence-corrected chi connectivity index (χ4v) is 2.16. The van der Waals surface area contributed by atoms with Crippen molar-refractivity contribution in [1.29, 1.82) is 5.26 Å². The Hall–Kier alpha value is -2.93. The van der Waals surface area contributed by atoms with Gasteiger partial charge < -0.3 is 4.74 Å². The van der Waals surface area contributed by atoms with Crippen LogP contribution < -0.4 is 0 Å². The van der Waals surface area contributed by atoms with Gasteiger partial charge in [0.2, 0.25) is 0 Å². The molecular formula is C18H15NO3. The molecule has 0 heterocycles. The first-order valence-corrected chi connectivity index (χ1v) is 6.79. The van der Waals surface area contributed by atoms with E-state index in [2.05, 4.69) is 0 Å². The van der Waals surface area contributed by atoms with E-state index in [0.29, 0.717) is 5.56 Å². The molecule has 0 atom stereocenters. The van der Waals surface area contributed by atoms with Gasteiger partial charge in [0.25, 0.3) is 0 Å². The fraction of sp³-hybridized carbons (Fsp3) is 0.167. The number of ether oxygens (including phenoxy) is 1. The molecule has 0 aromatic heterocycles. The average Bonchev–Trinajstić information content (AvgIpc) is 2.54. The molecule has 0 aliphatic rings. The molecule has 0 spiro atoms. The third kappa shape index (κ3) is 3.21. The average molecular weight is 293 g/mol. The summed E-state index contributed by atoms with van der Waals surface area (Å²) in [5.41, 5.74) is 2.82. The van der Waals surface area contributed by atoms with Crippen LogP contribution >= 0.6 is 0 Å². The van der Waals surface area contributed by atoms with Crippen molar-refractivity contribution in [3.63, 3.8) is 0 Å². The second-order valence-electron chi connectivity index (χ2n) is 4.93. The van der Waals surface area contributed by atoms with Crippen LogP contribution in [0.2, 0.25) is 0 Å². The summed E-state index contributed by atoms with van der Waals surface area (Å²) in [5.74, 6) is -0.901. The van der Waals surface area contributed by atoms with E-state index in [1.165, 1.54) is 6.07 Å². The van der Waals surface area contributed by atoms with Crippen molar-refractivity contribution in [2.45, 2.75) is 13.8 Å². The molecule has 0 N–H and O–H groups in total. The van der Waals surface area contributed by atoms with Crippen molar-refractivity contribution >= 4 is 11.8 Å². The SMILES string of the molecule is Cc1ccc(C)c(C(=O)c2ccccc2C(=O)OCC#N)c1. The summed E-state index contributed by atoms with van der Waals surface area (Å²) in [5, 5.41) is 8.49. The van der Waals surface area contributed by atoms with E-state index in [1.807, 2.05) is 26.0 Å². The van der Waals surface area contributed by atoms with Gasteiger partial charge in [-0.3, -0.25) is 4.79 Å². The van der Waals surface area contributed by atoms with Gasteiger partial charge in [-0.25, -0.2) is 4.79 Å². The van der Waals surface area contributed by atoms with Crippen LogP contribution in [0.25, 0.3) is 0 Å². The number of benzene rings is 2. The molecule has 4 heteroatoms. The van der Waals surface area contributed by atoms with Gasteiger partial charge in [0.05, 0.1) is 5.56 Å². The Morgan fingerprint density at radius 3 is 2.41 bits per heavy atom. The number of rotatable bonds is 4. The normalized spacial score (nSPS) is 9.86. The highest BCUT2D eigenvalue weighted by Gasteiger charge is 2.20. The lowest BCUT2D eigenvalue weighted by Crippen LogP contribution is -2.13. The minimum atomic E-state index is -0.671. The maximum Gasteiger partial charge on any atom is 0.339 e. The Bertz CT molecular complexity index is 772. The molecule has 2 rings (SSSR count). The van der Waals surface area contributed by atoms with Crippen molar-refractivity contribution in [3.05, 3.63) is 70.3 Å². The zero-order valence-electron chi connectivity index (χ0n) is 12.4. The molecule has 4 nitrogen and oxygen atoms in total. The molecule has 0 saturated carbocycles. The second-order valence-corrected chi connectivity index (χ2v) is 4.93. The molecule has 0 saturated heterocycles. The Labute approximate surface area is 129 Å². The molecule has 0 radical (unpaired) electrons. The van der Waals surface area contributed by atoms with E-state index in [4.69, 9.17) is 10.00 Å². The van der Waals surface area contributed by atoms with Crippen molar-refractivity contribution < 1.29 is 14.3 Å². The van der Waals surface area contributed by atoms with Gasteiger partial charge in [-0.15, -0.1) is 0 Å². The Kier molecular flexibility index (Phi) is 4.70. The first kappa shape index (κ1) is 15.5. The van der Waals surface area contributed by atoms with Crippen molar-refractivity contribution in [1.82, 2.24) is 0 Å². The number of nitrogens with zero attached hydrogens (tertiary/aromatic N) is 1. The lowest BCUT2D eigenvalue weighted by molar-refractivity contribution is 0.0552. The highest BCUT2D eigenvalue weighted by molar-refractivity contribution is 6.15. The van der Waals surface area contributed by atoms with Gasteiger partial charge in [-0.2, -0.15) is 5.26 Å². The van der Waals surface area contributed by atoms with Gasteiger partial charge in [-0.05, 0) is 31.5 Å². The summed E-state index contributed by atoms with van der Waals surface area (Å²) in [6, 6.07) is 13.8. The van der Waals surface area contributed by atoms with Gasteiger partial charge in [0.1, 0.15) is 6.07 Å². The molecular weight excluding hydrogens is 278 g/mol. The lowest BCUT2D eigenvalue weighted by Gasteiger charge is -2.10. The van der Waals surface area contributed by atoms with Gasteiger partial charge >= 0.3 is 5.97 Å². The Morgan fingerprint density at radius 1 is 1.05 bits per heavy atom. The smallest absolute Gasteiger partial charge is 0.339 e. The minimum Gasteiger partial charge on any atom is -0.447 e. The topological polar surface area (TPSA) is 67.2 Å². The number of carbonyl (C=O) groups is 2. The van der Waals surface area contributed by atoms with E-state index in [0.717, 1.165) is 11.1 Å². The van der Waals surface area contributed by atoms with Crippen molar-refractivity contribution in [3.8, 4) is 6.07 Å². The highest BCUT2D eigenvalue weighted by atomic mass is 16.5.